The van der Waals surface area contributed by atoms with Gasteiger partial charge in [-0.15, -0.1) is 0 Å². The van der Waals surface area contributed by atoms with Crippen LogP contribution in [0.2, 0.25) is 0 Å². The van der Waals surface area contributed by atoms with Crippen molar-refractivity contribution in [3.05, 3.63) is 36.5 Å². The maximum Gasteiger partial charge on any atom is 0.305 e. The summed E-state index contributed by atoms with van der Waals surface area (Å²) in [6.45, 7) is 16.9. The Hall–Kier alpha value is -1.59. The molecule has 1 fully saturated rings. The molecule has 1 aliphatic rings. The maximum atomic E-state index is 12.3. The number of aliphatic hydroxyl groups is 5. The van der Waals surface area contributed by atoms with Crippen LogP contribution in [-0.4, -0.2) is 88.1 Å². The van der Waals surface area contributed by atoms with E-state index in [1.165, 1.54) is 26.4 Å². The summed E-state index contributed by atoms with van der Waals surface area (Å²) in [4.78, 5) is 12.3. The molecule has 0 aromatic heterocycles. The van der Waals surface area contributed by atoms with Crippen molar-refractivity contribution in [3.8, 4) is 0 Å². The van der Waals surface area contributed by atoms with Gasteiger partial charge in [0, 0.05) is 6.42 Å². The molecule has 1 aliphatic heterocycles. The molecule has 52 heavy (non-hydrogen) atoms. The Morgan fingerprint density at radius 2 is 1.42 bits per heavy atom. The lowest BCUT2D eigenvalue weighted by atomic mass is 9.87. The summed E-state index contributed by atoms with van der Waals surface area (Å²) in [5.41, 5.74) is 0. The number of aliphatic hydroxyl groups excluding tert-OH is 5. The van der Waals surface area contributed by atoms with Crippen molar-refractivity contribution in [2.24, 2.45) is 41.4 Å². The lowest BCUT2D eigenvalue weighted by Crippen LogP contribution is -2.59. The van der Waals surface area contributed by atoms with E-state index in [2.05, 4.69) is 78.8 Å². The quantitative estimate of drug-likeness (QED) is 0.0427. The first-order chi connectivity index (χ1) is 24.6. The number of rotatable bonds is 27. The minimum Gasteiger partial charge on any atom is -0.469 e. The van der Waals surface area contributed by atoms with Crippen LogP contribution in [0.3, 0.4) is 0 Å². The van der Waals surface area contributed by atoms with Gasteiger partial charge in [-0.25, -0.2) is 0 Å². The van der Waals surface area contributed by atoms with Gasteiger partial charge in [0.1, 0.15) is 24.4 Å². The van der Waals surface area contributed by atoms with Crippen LogP contribution in [0.5, 0.6) is 0 Å². The van der Waals surface area contributed by atoms with Crippen molar-refractivity contribution in [1.82, 2.24) is 0 Å². The van der Waals surface area contributed by atoms with Gasteiger partial charge in [0.25, 0.3) is 0 Å². The maximum absolute atomic E-state index is 12.3. The molecular weight excluding hydrogens is 660 g/mol. The molecule has 9 nitrogen and oxygen atoms in total. The molecule has 0 aromatic carbocycles. The number of hydrogen-bond acceptors (Lipinski definition) is 9. The third kappa shape index (κ3) is 19.7. The number of hydrogen-bond donors (Lipinski definition) is 5. The van der Waals surface area contributed by atoms with Crippen molar-refractivity contribution >= 4 is 5.97 Å². The Labute approximate surface area is 316 Å². The van der Waals surface area contributed by atoms with E-state index in [-0.39, 0.29) is 29.6 Å². The fraction of sp³-hybridized carbons (Fsp3) is 0.837. The summed E-state index contributed by atoms with van der Waals surface area (Å²) in [7, 11) is 1.40. The molecule has 0 aliphatic carbocycles. The van der Waals surface area contributed by atoms with E-state index in [0.717, 1.165) is 44.4 Å². The molecule has 0 aromatic rings. The average Bonchev–Trinajstić information content (AvgIpc) is 3.11. The third-order valence-corrected chi connectivity index (χ3v) is 10.9. The minimum atomic E-state index is -1.52. The molecule has 0 spiro atoms. The van der Waals surface area contributed by atoms with E-state index >= 15 is 0 Å². The van der Waals surface area contributed by atoms with Crippen LogP contribution in [0.25, 0.3) is 0 Å². The molecule has 0 radical (unpaired) electrons. The largest absolute Gasteiger partial charge is 0.469 e. The molecule has 0 saturated carbocycles. The Morgan fingerprint density at radius 3 is 2.06 bits per heavy atom. The van der Waals surface area contributed by atoms with Gasteiger partial charge < -0.3 is 39.7 Å². The molecule has 1 rings (SSSR count). The normalized spacial score (nSPS) is 26.1. The molecule has 1 heterocycles. The summed E-state index contributed by atoms with van der Waals surface area (Å²) in [6.07, 6.45) is 15.8. The van der Waals surface area contributed by atoms with Crippen molar-refractivity contribution in [2.75, 3.05) is 13.7 Å². The van der Waals surface area contributed by atoms with Crippen LogP contribution >= 0.6 is 0 Å². The van der Waals surface area contributed by atoms with Crippen LogP contribution < -0.4 is 0 Å². The van der Waals surface area contributed by atoms with Crippen molar-refractivity contribution in [1.29, 1.82) is 0 Å². The number of carbonyl (C=O) groups is 1. The van der Waals surface area contributed by atoms with Crippen molar-refractivity contribution < 1.29 is 44.5 Å². The number of esters is 1. The molecule has 5 N–H and O–H groups in total. The summed E-state index contributed by atoms with van der Waals surface area (Å²) < 4.78 is 17.0. The average molecular weight is 739 g/mol. The molecule has 5 unspecified atom stereocenters. The van der Waals surface area contributed by atoms with E-state index in [0.29, 0.717) is 31.1 Å². The molecule has 0 amide bonds. The highest BCUT2D eigenvalue weighted by Crippen LogP contribution is 2.29. The van der Waals surface area contributed by atoms with E-state index in [9.17, 15) is 30.3 Å². The molecule has 1 saturated heterocycles. The second-order valence-electron chi connectivity index (χ2n) is 16.4. The molecular formula is C43H78O9. The van der Waals surface area contributed by atoms with Crippen molar-refractivity contribution in [3.63, 3.8) is 0 Å². The van der Waals surface area contributed by atoms with E-state index in [1.807, 2.05) is 13.0 Å². The van der Waals surface area contributed by atoms with Gasteiger partial charge in [-0.2, -0.15) is 0 Å². The fourth-order valence-electron chi connectivity index (χ4n) is 6.62. The summed E-state index contributed by atoms with van der Waals surface area (Å²) in [5, 5.41) is 52.0. The van der Waals surface area contributed by atoms with Crippen molar-refractivity contribution in [2.45, 2.75) is 175 Å². The highest BCUT2D eigenvalue weighted by Gasteiger charge is 2.45. The number of carbonyl (C=O) groups excluding carboxylic acids is 1. The minimum absolute atomic E-state index is 0.0257. The van der Waals surface area contributed by atoms with Gasteiger partial charge >= 0.3 is 5.97 Å². The van der Waals surface area contributed by atoms with E-state index < -0.39 is 49.5 Å². The predicted octanol–water partition coefficient (Wildman–Crippen LogP) is 7.53. The molecule has 13 atom stereocenters. The van der Waals surface area contributed by atoms with E-state index in [4.69, 9.17) is 14.2 Å². The first-order valence-electron chi connectivity index (χ1n) is 20.4. The van der Waals surface area contributed by atoms with Crippen LogP contribution in [0.15, 0.2) is 36.5 Å². The first-order valence-corrected chi connectivity index (χ1v) is 20.4. The monoisotopic (exact) mass is 739 g/mol. The molecule has 0 bridgehead atoms. The third-order valence-electron chi connectivity index (χ3n) is 10.9. The van der Waals surface area contributed by atoms with Gasteiger partial charge in [-0.3, -0.25) is 4.79 Å². The van der Waals surface area contributed by atoms with Crippen LogP contribution in [0.4, 0.5) is 0 Å². The van der Waals surface area contributed by atoms with Gasteiger partial charge in [0.2, 0.25) is 0 Å². The zero-order valence-electron chi connectivity index (χ0n) is 34.1. The zero-order chi connectivity index (χ0) is 39.2. The van der Waals surface area contributed by atoms with Gasteiger partial charge in [-0.05, 0) is 80.0 Å². The highest BCUT2D eigenvalue weighted by atomic mass is 16.7. The lowest BCUT2D eigenvalue weighted by Gasteiger charge is -2.41. The van der Waals surface area contributed by atoms with Gasteiger partial charge in [-0.1, -0.05) is 124 Å². The number of methoxy groups -OCH3 is 1. The number of ether oxygens (including phenoxy) is 3. The topological polar surface area (TPSA) is 146 Å². The Balaban J connectivity index is 2.90. The Bertz CT molecular complexity index is 1010. The summed E-state index contributed by atoms with van der Waals surface area (Å²) >= 11 is 0. The summed E-state index contributed by atoms with van der Waals surface area (Å²) in [5.74, 6) is 1.93. The van der Waals surface area contributed by atoms with Gasteiger partial charge in [0.05, 0.1) is 25.9 Å². The van der Waals surface area contributed by atoms with Crippen LogP contribution in [0.1, 0.15) is 132 Å². The molecule has 304 valence electrons. The SMILES string of the molecule is CC[C@H](C)C/C=C/[C@H](C)/C=C/[C@@H](OC1OC(CO)C(O)C(O)C1O)[C@H](C)CCC[C@@H](CC[C@H](O)[C@H](C)/C=C/C[C@H](C)CCCC(C)C)CC(=O)OC. The smallest absolute Gasteiger partial charge is 0.305 e. The first kappa shape index (κ1) is 48.4. The Morgan fingerprint density at radius 1 is 0.769 bits per heavy atom. The fourth-order valence-corrected chi connectivity index (χ4v) is 6.62. The standard InChI is InChI=1S/C43H78O9/c1-10-30(4)16-12-18-32(6)23-26-37(51-43-42(49)41(48)40(47)38(28-44)52-43)34(8)21-14-22-35(27-39(46)50-9)24-25-36(45)33(7)20-13-19-31(5)17-11-15-29(2)3/h12-13,18,20,23,26,29-38,40-45,47-49H,10-11,14-17,19,21-22,24-25,27-28H2,1-9H3/b18-12+,20-13+,26-23+/t30-,31+,32-,33+,34+,35-,36-,37+,38?,40?,41?,42?,43?/m0/s1. The highest BCUT2D eigenvalue weighted by molar-refractivity contribution is 5.69. The number of allylic oxidation sites excluding steroid dienone is 4. The van der Waals surface area contributed by atoms with Crippen LogP contribution in [0, 0.1) is 41.4 Å². The molecule has 9 heteroatoms. The van der Waals surface area contributed by atoms with Crippen LogP contribution in [-0.2, 0) is 19.0 Å². The van der Waals surface area contributed by atoms with Gasteiger partial charge in [0.15, 0.2) is 6.29 Å². The Kier molecular flexibility index (Phi) is 25.2. The second-order valence-corrected chi connectivity index (χ2v) is 16.4. The predicted molar refractivity (Wildman–Crippen MR) is 209 cm³/mol. The lowest BCUT2D eigenvalue weighted by molar-refractivity contribution is -0.310. The second kappa shape index (κ2) is 27.1. The van der Waals surface area contributed by atoms with E-state index in [1.54, 1.807) is 0 Å². The zero-order valence-corrected chi connectivity index (χ0v) is 34.1. The summed E-state index contributed by atoms with van der Waals surface area (Å²) in [6, 6.07) is 0.